The maximum absolute atomic E-state index is 12.4. The number of nitrogens with zero attached hydrogens (tertiary/aromatic N) is 1. The van der Waals surface area contributed by atoms with Crippen molar-refractivity contribution < 1.29 is 18.0 Å². The van der Waals surface area contributed by atoms with Crippen molar-refractivity contribution >= 4 is 11.9 Å². The number of carbonyl (C=O) groups excluding carboxylic acids is 1. The van der Waals surface area contributed by atoms with E-state index in [0.29, 0.717) is 11.1 Å². The Morgan fingerprint density at radius 1 is 1.29 bits per heavy atom. The first-order valence-electron chi connectivity index (χ1n) is 5.88. The number of halogens is 3. The molecule has 1 heterocycles. The van der Waals surface area contributed by atoms with Crippen LogP contribution in [0.2, 0.25) is 0 Å². The van der Waals surface area contributed by atoms with Gasteiger partial charge in [0.15, 0.2) is 5.78 Å². The molecule has 3 nitrogen and oxygen atoms in total. The van der Waals surface area contributed by atoms with Gasteiger partial charge in [0, 0.05) is 11.8 Å². The van der Waals surface area contributed by atoms with E-state index < -0.39 is 11.9 Å². The van der Waals surface area contributed by atoms with Crippen molar-refractivity contribution in [1.82, 2.24) is 4.98 Å². The number of nitrogens with one attached hydrogen (secondary N) is 1. The Hall–Kier alpha value is -2.81. The molecule has 0 unspecified atom stereocenters. The molecule has 0 fully saturated rings. The van der Waals surface area contributed by atoms with Crippen LogP contribution in [0, 0.1) is 11.3 Å². The zero-order chi connectivity index (χ0) is 15.5. The van der Waals surface area contributed by atoms with Crippen molar-refractivity contribution in [2.75, 3.05) is 0 Å². The fourth-order valence-electron chi connectivity index (χ4n) is 1.68. The summed E-state index contributed by atoms with van der Waals surface area (Å²) in [6.45, 7) is 0. The summed E-state index contributed by atoms with van der Waals surface area (Å²) in [4.78, 5) is 14.0. The van der Waals surface area contributed by atoms with E-state index in [1.165, 1.54) is 24.3 Å². The van der Waals surface area contributed by atoms with Crippen LogP contribution in [-0.4, -0.2) is 10.8 Å². The number of aromatic amines is 1. The van der Waals surface area contributed by atoms with Crippen LogP contribution in [0.3, 0.4) is 0 Å². The Kier molecular flexibility index (Phi) is 3.94. The molecule has 21 heavy (non-hydrogen) atoms. The molecule has 0 amide bonds. The van der Waals surface area contributed by atoms with Crippen molar-refractivity contribution in [3.05, 3.63) is 65.0 Å². The molecule has 2 rings (SSSR count). The topological polar surface area (TPSA) is 56.6 Å². The number of H-pyrrole nitrogens is 1. The molecule has 1 aromatic carbocycles. The summed E-state index contributed by atoms with van der Waals surface area (Å²) in [7, 11) is 0. The molecule has 1 N–H and O–H groups in total. The maximum Gasteiger partial charge on any atom is 0.431 e. The van der Waals surface area contributed by atoms with E-state index >= 15 is 0 Å². The third-order valence-corrected chi connectivity index (χ3v) is 2.71. The Morgan fingerprint density at radius 3 is 2.67 bits per heavy atom. The first-order valence-corrected chi connectivity index (χ1v) is 5.88. The second kappa shape index (κ2) is 5.67. The first-order chi connectivity index (χ1) is 9.90. The van der Waals surface area contributed by atoms with Crippen molar-refractivity contribution in [3.63, 3.8) is 0 Å². The lowest BCUT2D eigenvalue weighted by Gasteiger charge is -2.00. The molecule has 0 spiro atoms. The Morgan fingerprint density at radius 2 is 2.05 bits per heavy atom. The van der Waals surface area contributed by atoms with Crippen LogP contribution in [0.1, 0.15) is 27.2 Å². The highest BCUT2D eigenvalue weighted by atomic mass is 19.4. The second-order valence-corrected chi connectivity index (χ2v) is 4.23. The van der Waals surface area contributed by atoms with Crippen LogP contribution >= 0.6 is 0 Å². The number of ketones is 1. The predicted octanol–water partition coefficient (Wildman–Crippen LogP) is 3.80. The number of rotatable bonds is 3. The molecule has 0 bridgehead atoms. The fourth-order valence-corrected chi connectivity index (χ4v) is 1.68. The molecular formula is C15H9F3N2O. The summed E-state index contributed by atoms with van der Waals surface area (Å²) in [5.74, 6) is -0.387. The van der Waals surface area contributed by atoms with Crippen LogP contribution in [0.15, 0.2) is 42.6 Å². The summed E-state index contributed by atoms with van der Waals surface area (Å²) >= 11 is 0. The Balaban J connectivity index is 2.15. The summed E-state index contributed by atoms with van der Waals surface area (Å²) < 4.78 is 37.2. The van der Waals surface area contributed by atoms with E-state index in [1.807, 2.05) is 6.07 Å². The number of hydrogen-bond acceptors (Lipinski definition) is 2. The van der Waals surface area contributed by atoms with Crippen molar-refractivity contribution in [2.24, 2.45) is 0 Å². The molecule has 2 aromatic rings. The van der Waals surface area contributed by atoms with Gasteiger partial charge < -0.3 is 4.98 Å². The Bertz CT molecular complexity index is 736. The van der Waals surface area contributed by atoms with Crippen molar-refractivity contribution in [2.45, 2.75) is 6.18 Å². The minimum atomic E-state index is -4.45. The minimum Gasteiger partial charge on any atom is -0.357 e. The second-order valence-electron chi connectivity index (χ2n) is 4.23. The van der Waals surface area contributed by atoms with Gasteiger partial charge >= 0.3 is 6.18 Å². The number of nitriles is 1. The Labute approximate surface area is 118 Å². The third-order valence-electron chi connectivity index (χ3n) is 2.71. The average Bonchev–Trinajstić information content (AvgIpc) is 2.94. The molecule has 0 saturated carbocycles. The molecule has 6 heteroatoms. The zero-order valence-corrected chi connectivity index (χ0v) is 10.6. The normalized spacial score (nSPS) is 11.5. The number of hydrogen-bond donors (Lipinski definition) is 1. The van der Waals surface area contributed by atoms with E-state index in [4.69, 9.17) is 5.26 Å². The van der Waals surface area contributed by atoms with Gasteiger partial charge in [0.05, 0.1) is 11.6 Å². The van der Waals surface area contributed by atoms with Crippen molar-refractivity contribution in [3.8, 4) is 6.07 Å². The molecular weight excluding hydrogens is 281 g/mol. The van der Waals surface area contributed by atoms with Gasteiger partial charge in [-0.25, -0.2) is 0 Å². The molecule has 106 valence electrons. The number of alkyl halides is 3. The van der Waals surface area contributed by atoms with Gasteiger partial charge in [-0.3, -0.25) is 4.79 Å². The van der Waals surface area contributed by atoms with Gasteiger partial charge in [-0.15, -0.1) is 0 Å². The lowest BCUT2D eigenvalue weighted by Crippen LogP contribution is -2.04. The van der Waals surface area contributed by atoms with Gasteiger partial charge in [0.2, 0.25) is 0 Å². The predicted molar refractivity (Wildman–Crippen MR) is 70.3 cm³/mol. The highest BCUT2D eigenvalue weighted by molar-refractivity contribution is 6.06. The summed E-state index contributed by atoms with van der Waals surface area (Å²) in [5.41, 5.74) is 0.0142. The fraction of sp³-hybridized carbons (Fsp3) is 0.0667. The average molecular weight is 290 g/mol. The van der Waals surface area contributed by atoms with Gasteiger partial charge in [-0.2, -0.15) is 18.4 Å². The van der Waals surface area contributed by atoms with Crippen molar-refractivity contribution in [1.29, 1.82) is 5.26 Å². The van der Waals surface area contributed by atoms with Crippen LogP contribution in [0.25, 0.3) is 6.08 Å². The third kappa shape index (κ3) is 3.60. The molecule has 1 aromatic heterocycles. The highest BCUT2D eigenvalue weighted by Crippen LogP contribution is 2.28. The molecule has 0 aliphatic heterocycles. The molecule has 0 atom stereocenters. The lowest BCUT2D eigenvalue weighted by molar-refractivity contribution is -0.140. The van der Waals surface area contributed by atoms with Gasteiger partial charge in [-0.1, -0.05) is 12.1 Å². The highest BCUT2D eigenvalue weighted by Gasteiger charge is 2.31. The SMILES string of the molecule is N#Cc1cccc(C(=O)C=Cc2c[nH]c(C(F)(F)F)c2)c1. The number of carbonyl (C=O) groups is 1. The van der Waals surface area contributed by atoms with Crippen LogP contribution in [0.4, 0.5) is 13.2 Å². The minimum absolute atomic E-state index is 0.243. The van der Waals surface area contributed by atoms with Gasteiger partial charge in [-0.05, 0) is 35.9 Å². The lowest BCUT2D eigenvalue weighted by atomic mass is 10.1. The van der Waals surface area contributed by atoms with E-state index in [0.717, 1.165) is 12.3 Å². The van der Waals surface area contributed by atoms with Gasteiger partial charge in [0.1, 0.15) is 5.69 Å². The van der Waals surface area contributed by atoms with E-state index in [2.05, 4.69) is 4.98 Å². The largest absolute Gasteiger partial charge is 0.431 e. The quantitative estimate of drug-likeness (QED) is 0.690. The number of aromatic nitrogens is 1. The standard InChI is InChI=1S/C15H9F3N2O/c16-15(17,18)14-7-11(9-20-14)4-5-13(21)12-3-1-2-10(6-12)8-19/h1-7,9,20H. The zero-order valence-electron chi connectivity index (χ0n) is 10.6. The summed E-state index contributed by atoms with van der Waals surface area (Å²) in [5, 5.41) is 8.74. The summed E-state index contributed by atoms with van der Waals surface area (Å²) in [6, 6.07) is 8.90. The summed E-state index contributed by atoms with van der Waals surface area (Å²) in [6.07, 6.45) is -0.831. The van der Waals surface area contributed by atoms with Crippen LogP contribution in [0.5, 0.6) is 0 Å². The van der Waals surface area contributed by atoms with Crippen LogP contribution in [-0.2, 0) is 6.18 Å². The van der Waals surface area contributed by atoms with Gasteiger partial charge in [0.25, 0.3) is 0 Å². The monoisotopic (exact) mass is 290 g/mol. The molecule has 0 radical (unpaired) electrons. The van der Waals surface area contributed by atoms with E-state index in [1.54, 1.807) is 12.1 Å². The number of benzene rings is 1. The molecule has 0 saturated heterocycles. The molecule has 0 aliphatic carbocycles. The van der Waals surface area contributed by atoms with Crippen LogP contribution < -0.4 is 0 Å². The molecule has 0 aliphatic rings. The number of allylic oxidation sites excluding steroid dienone is 1. The first kappa shape index (κ1) is 14.6. The van der Waals surface area contributed by atoms with E-state index in [9.17, 15) is 18.0 Å². The smallest absolute Gasteiger partial charge is 0.357 e. The maximum atomic E-state index is 12.4. The van der Waals surface area contributed by atoms with E-state index in [-0.39, 0.29) is 11.3 Å².